The van der Waals surface area contributed by atoms with E-state index in [-0.39, 0.29) is 11.6 Å². The van der Waals surface area contributed by atoms with E-state index in [1.165, 1.54) is 32.4 Å². The van der Waals surface area contributed by atoms with Crippen molar-refractivity contribution in [3.63, 3.8) is 0 Å². The van der Waals surface area contributed by atoms with E-state index < -0.39 is 0 Å². The lowest BCUT2D eigenvalue weighted by Crippen LogP contribution is -2.17. The average molecular weight is 194 g/mol. The molecule has 5 heteroatoms. The van der Waals surface area contributed by atoms with Gasteiger partial charge in [-0.25, -0.2) is 0 Å². The Morgan fingerprint density at radius 3 is 2.71 bits per heavy atom. The van der Waals surface area contributed by atoms with Crippen LogP contribution in [0.15, 0.2) is 23.4 Å². The van der Waals surface area contributed by atoms with Crippen LogP contribution in [0.5, 0.6) is 5.75 Å². The van der Waals surface area contributed by atoms with Crippen molar-refractivity contribution in [3.8, 4) is 5.75 Å². The van der Waals surface area contributed by atoms with Crippen LogP contribution in [0.2, 0.25) is 0 Å². The van der Waals surface area contributed by atoms with Gasteiger partial charge in [0.15, 0.2) is 0 Å². The van der Waals surface area contributed by atoms with Crippen molar-refractivity contribution in [3.05, 3.63) is 28.7 Å². The molecule has 0 unspecified atom stereocenters. The van der Waals surface area contributed by atoms with Crippen LogP contribution in [0.25, 0.3) is 0 Å². The molecule has 0 fully saturated rings. The second-order valence-corrected chi connectivity index (χ2v) is 2.56. The van der Waals surface area contributed by atoms with Crippen LogP contribution in [0.3, 0.4) is 0 Å². The average Bonchev–Trinajstić information content (AvgIpc) is 2.26. The fraction of sp³-hybridized carbons (Fsp3) is 0.222. The van der Waals surface area contributed by atoms with Gasteiger partial charge in [-0.1, -0.05) is 0 Å². The molecule has 74 valence electrons. The predicted molar refractivity (Wildman–Crippen MR) is 51.8 cm³/mol. The summed E-state index contributed by atoms with van der Waals surface area (Å²) in [7, 11) is 2.94. The van der Waals surface area contributed by atoms with Gasteiger partial charge in [0.05, 0.1) is 7.11 Å². The first kappa shape index (κ1) is 10.2. The molecule has 0 aliphatic rings. The van der Waals surface area contributed by atoms with Crippen molar-refractivity contribution in [2.75, 3.05) is 14.2 Å². The van der Waals surface area contributed by atoms with Crippen LogP contribution in [-0.2, 0) is 0 Å². The smallest absolute Gasteiger partial charge is 0.251 e. The van der Waals surface area contributed by atoms with E-state index in [4.69, 9.17) is 4.74 Å². The first-order valence-corrected chi connectivity index (χ1v) is 3.96. The lowest BCUT2D eigenvalue weighted by Gasteiger charge is -2.04. The van der Waals surface area contributed by atoms with Gasteiger partial charge in [-0.3, -0.25) is 4.79 Å². The summed E-state index contributed by atoms with van der Waals surface area (Å²) in [5.74, 6) is 0.0573. The van der Waals surface area contributed by atoms with Gasteiger partial charge in [0.25, 0.3) is 5.91 Å². The van der Waals surface area contributed by atoms with Gasteiger partial charge in [0.2, 0.25) is 0 Å². The van der Waals surface area contributed by atoms with Crippen LogP contribution in [0.4, 0.5) is 5.69 Å². The van der Waals surface area contributed by atoms with Gasteiger partial charge in [-0.05, 0) is 23.4 Å². The number of methoxy groups -OCH3 is 1. The van der Waals surface area contributed by atoms with Crippen molar-refractivity contribution in [1.29, 1.82) is 0 Å². The number of hydrogen-bond acceptors (Lipinski definition) is 4. The summed E-state index contributed by atoms with van der Waals surface area (Å²) in [6.07, 6.45) is 0. The molecule has 0 heterocycles. The van der Waals surface area contributed by atoms with Gasteiger partial charge < -0.3 is 10.1 Å². The molecule has 0 saturated heterocycles. The summed E-state index contributed by atoms with van der Waals surface area (Å²) in [4.78, 5) is 21.5. The van der Waals surface area contributed by atoms with E-state index in [1.807, 2.05) is 0 Å². The third-order valence-corrected chi connectivity index (χ3v) is 1.77. The van der Waals surface area contributed by atoms with E-state index >= 15 is 0 Å². The number of nitroso groups, excluding NO2 is 1. The van der Waals surface area contributed by atoms with Gasteiger partial charge >= 0.3 is 0 Å². The van der Waals surface area contributed by atoms with E-state index in [2.05, 4.69) is 10.5 Å². The zero-order chi connectivity index (χ0) is 10.6. The van der Waals surface area contributed by atoms with Crippen molar-refractivity contribution >= 4 is 11.6 Å². The largest absolute Gasteiger partial charge is 0.494 e. The second kappa shape index (κ2) is 4.36. The third-order valence-electron chi connectivity index (χ3n) is 1.77. The minimum Gasteiger partial charge on any atom is -0.494 e. The molecule has 0 aliphatic carbocycles. The Morgan fingerprint density at radius 2 is 2.21 bits per heavy atom. The summed E-state index contributed by atoms with van der Waals surface area (Å²) < 4.78 is 4.90. The second-order valence-electron chi connectivity index (χ2n) is 2.56. The Hall–Kier alpha value is -1.91. The first-order valence-electron chi connectivity index (χ1n) is 3.96. The summed E-state index contributed by atoms with van der Waals surface area (Å²) >= 11 is 0. The van der Waals surface area contributed by atoms with Crippen LogP contribution in [-0.4, -0.2) is 20.1 Å². The minimum atomic E-state index is -0.235. The topological polar surface area (TPSA) is 67.8 Å². The Morgan fingerprint density at radius 1 is 1.50 bits per heavy atom. The Balaban J connectivity index is 3.13. The molecule has 1 N–H and O–H groups in total. The molecule has 0 saturated carbocycles. The van der Waals surface area contributed by atoms with Crippen molar-refractivity contribution in [1.82, 2.24) is 5.32 Å². The monoisotopic (exact) mass is 194 g/mol. The highest BCUT2D eigenvalue weighted by molar-refractivity contribution is 5.94. The summed E-state index contributed by atoms with van der Waals surface area (Å²) in [5.41, 5.74) is 0.608. The molecule has 0 aliphatic heterocycles. The molecule has 14 heavy (non-hydrogen) atoms. The highest BCUT2D eigenvalue weighted by Crippen LogP contribution is 2.27. The van der Waals surface area contributed by atoms with Gasteiger partial charge in [-0.2, -0.15) is 0 Å². The number of nitrogens with one attached hydrogen (secondary N) is 1. The fourth-order valence-electron chi connectivity index (χ4n) is 1.04. The van der Waals surface area contributed by atoms with Crippen molar-refractivity contribution in [2.24, 2.45) is 5.18 Å². The lowest BCUT2D eigenvalue weighted by molar-refractivity contribution is 0.0963. The molecule has 5 nitrogen and oxygen atoms in total. The minimum absolute atomic E-state index is 0.181. The predicted octanol–water partition coefficient (Wildman–Crippen LogP) is 1.45. The number of amides is 1. The van der Waals surface area contributed by atoms with Gasteiger partial charge in [-0.15, -0.1) is 4.91 Å². The molecule has 0 spiro atoms. The van der Waals surface area contributed by atoms with E-state index in [9.17, 15) is 9.70 Å². The van der Waals surface area contributed by atoms with Crippen molar-refractivity contribution < 1.29 is 9.53 Å². The maximum atomic E-state index is 11.2. The fourth-order valence-corrected chi connectivity index (χ4v) is 1.04. The SMILES string of the molecule is CNC(=O)c1ccc(N=O)c(OC)c1. The molecular weight excluding hydrogens is 184 g/mol. The normalized spacial score (nSPS) is 9.29. The summed E-state index contributed by atoms with van der Waals surface area (Å²) in [5, 5.41) is 5.23. The molecule has 0 radical (unpaired) electrons. The first-order chi connectivity index (χ1) is 6.72. The molecule has 1 amide bonds. The number of benzene rings is 1. The van der Waals surface area contributed by atoms with Crippen LogP contribution >= 0.6 is 0 Å². The molecule has 1 rings (SSSR count). The number of rotatable bonds is 3. The van der Waals surface area contributed by atoms with E-state index in [1.54, 1.807) is 0 Å². The highest BCUT2D eigenvalue weighted by atomic mass is 16.5. The lowest BCUT2D eigenvalue weighted by atomic mass is 10.2. The molecular formula is C9H10N2O3. The maximum Gasteiger partial charge on any atom is 0.251 e. The Labute approximate surface area is 81.0 Å². The molecule has 0 aromatic heterocycles. The maximum absolute atomic E-state index is 11.2. The Kier molecular flexibility index (Phi) is 3.17. The van der Waals surface area contributed by atoms with Gasteiger partial charge in [0.1, 0.15) is 11.4 Å². The number of hydrogen-bond donors (Lipinski definition) is 1. The highest BCUT2D eigenvalue weighted by Gasteiger charge is 2.08. The number of carbonyl (C=O) groups is 1. The summed E-state index contributed by atoms with van der Waals surface area (Å²) in [6.45, 7) is 0. The van der Waals surface area contributed by atoms with E-state index in [0.717, 1.165) is 0 Å². The zero-order valence-corrected chi connectivity index (χ0v) is 7.90. The standard InChI is InChI=1S/C9H10N2O3/c1-10-9(12)6-3-4-7(11-13)8(5-6)14-2/h3-5H,1-2H3,(H,10,12). The zero-order valence-electron chi connectivity index (χ0n) is 7.90. The van der Waals surface area contributed by atoms with Crippen molar-refractivity contribution in [2.45, 2.75) is 0 Å². The van der Waals surface area contributed by atoms with Crippen LogP contribution in [0, 0.1) is 4.91 Å². The van der Waals surface area contributed by atoms with E-state index in [0.29, 0.717) is 11.3 Å². The third kappa shape index (κ3) is 1.87. The number of carbonyl (C=O) groups excluding carboxylic acids is 1. The van der Waals surface area contributed by atoms with Crippen LogP contribution in [0.1, 0.15) is 10.4 Å². The summed E-state index contributed by atoms with van der Waals surface area (Å²) in [6, 6.07) is 4.42. The molecule has 1 aromatic rings. The van der Waals surface area contributed by atoms with Crippen LogP contribution < -0.4 is 10.1 Å². The van der Waals surface area contributed by atoms with Gasteiger partial charge in [0, 0.05) is 12.6 Å². The molecule has 0 bridgehead atoms. The molecule has 0 atom stereocenters. The number of nitrogens with zero attached hydrogens (tertiary/aromatic N) is 1. The molecule has 1 aromatic carbocycles. The number of ether oxygens (including phenoxy) is 1. The quantitative estimate of drug-likeness (QED) is 0.740. The Bertz CT molecular complexity index is 363.